The van der Waals surface area contributed by atoms with Crippen LogP contribution < -0.4 is 15.8 Å². The molecule has 1 aliphatic rings. The molecule has 23 heavy (non-hydrogen) atoms. The highest BCUT2D eigenvalue weighted by Gasteiger charge is 2.28. The summed E-state index contributed by atoms with van der Waals surface area (Å²) in [7, 11) is -3.72. The molecule has 4 N–H and O–H groups in total. The second-order valence-electron chi connectivity index (χ2n) is 5.57. The maximum absolute atomic E-state index is 13.0. The monoisotopic (exact) mass is 347 g/mol. The Morgan fingerprint density at radius 3 is 2.65 bits per heavy atom. The molecular weight excluding hydrogens is 328 g/mol. The summed E-state index contributed by atoms with van der Waals surface area (Å²) in [6, 6.07) is 5.25. The highest BCUT2D eigenvalue weighted by molar-refractivity contribution is 7.89. The fourth-order valence-corrected chi connectivity index (χ4v) is 2.98. The molecule has 0 atom stereocenters. The Kier molecular flexibility index (Phi) is 5.33. The molecule has 2 rings (SSSR count). The zero-order valence-corrected chi connectivity index (χ0v) is 13.2. The smallest absolute Gasteiger partial charge is 0.277 e. The third-order valence-corrected chi connectivity index (χ3v) is 4.89. The van der Waals surface area contributed by atoms with Crippen LogP contribution in [0.25, 0.3) is 0 Å². The maximum Gasteiger partial charge on any atom is 0.277 e. The lowest BCUT2D eigenvalue weighted by Gasteiger charge is -2.14. The van der Waals surface area contributed by atoms with Crippen LogP contribution in [-0.2, 0) is 10.0 Å². The number of nitrogens with two attached hydrogens (primary N) is 1. The fourth-order valence-electron chi connectivity index (χ4n) is 1.82. The molecule has 1 amide bonds. The van der Waals surface area contributed by atoms with E-state index in [0.717, 1.165) is 18.9 Å². The molecule has 1 aliphatic carbocycles. The minimum absolute atomic E-state index is 0.00730. The molecule has 0 bridgehead atoms. The molecule has 0 saturated heterocycles. The Labute approximate surface area is 133 Å². The van der Waals surface area contributed by atoms with Crippen LogP contribution in [0.2, 0.25) is 0 Å². The molecule has 9 heteroatoms. The minimum atomic E-state index is -3.72. The van der Waals surface area contributed by atoms with Crippen LogP contribution in [-0.4, -0.2) is 39.9 Å². The van der Waals surface area contributed by atoms with Gasteiger partial charge in [-0.25, -0.2) is 21.9 Å². The first-order valence-electron chi connectivity index (χ1n) is 7.19. The Morgan fingerprint density at radius 1 is 1.35 bits per heavy atom. The van der Waals surface area contributed by atoms with Gasteiger partial charge in [0, 0.05) is 12.1 Å². The lowest BCUT2D eigenvalue weighted by molar-refractivity contribution is 0.0118. The second kappa shape index (κ2) is 6.90. The van der Waals surface area contributed by atoms with Gasteiger partial charge in [0.1, 0.15) is 0 Å². The van der Waals surface area contributed by atoms with Gasteiger partial charge in [0.05, 0.1) is 18.0 Å². The van der Waals surface area contributed by atoms with Crippen molar-refractivity contribution >= 4 is 15.9 Å². The molecule has 0 aromatic heterocycles. The number of rotatable bonds is 8. The van der Waals surface area contributed by atoms with Crippen LogP contribution in [0.3, 0.4) is 0 Å². The summed E-state index contributed by atoms with van der Waals surface area (Å²) in [4.78, 5) is 11.8. The summed E-state index contributed by atoms with van der Waals surface area (Å²) in [5.74, 6) is -3.61. The number of amides is 1. The second-order valence-corrected chi connectivity index (χ2v) is 7.33. The molecule has 0 heterocycles. The molecule has 6 nitrogen and oxygen atoms in total. The third-order valence-electron chi connectivity index (χ3n) is 3.47. The number of sulfonamides is 1. The topological polar surface area (TPSA) is 101 Å². The number of carbonyl (C=O) groups is 1. The largest absolute Gasteiger partial charge is 0.346 e. The van der Waals surface area contributed by atoms with Crippen molar-refractivity contribution in [1.29, 1.82) is 0 Å². The van der Waals surface area contributed by atoms with E-state index in [4.69, 9.17) is 5.73 Å². The van der Waals surface area contributed by atoms with Crippen LogP contribution in [0.1, 0.15) is 23.2 Å². The average molecular weight is 347 g/mol. The van der Waals surface area contributed by atoms with E-state index in [1.807, 2.05) is 5.32 Å². The van der Waals surface area contributed by atoms with E-state index < -0.39 is 34.9 Å². The van der Waals surface area contributed by atoms with Crippen molar-refractivity contribution in [3.05, 3.63) is 29.8 Å². The fraction of sp³-hybridized carbons (Fsp3) is 0.500. The molecule has 0 spiro atoms. The zero-order valence-electron chi connectivity index (χ0n) is 12.4. The van der Waals surface area contributed by atoms with Gasteiger partial charge in [-0.1, -0.05) is 6.07 Å². The van der Waals surface area contributed by atoms with Gasteiger partial charge < -0.3 is 11.1 Å². The molecular formula is C14H19F2N3O3S. The van der Waals surface area contributed by atoms with Crippen LogP contribution in [0.15, 0.2) is 29.2 Å². The summed E-state index contributed by atoms with van der Waals surface area (Å²) in [6.07, 6.45) is 2.00. The van der Waals surface area contributed by atoms with Gasteiger partial charge in [0.25, 0.3) is 11.8 Å². The lowest BCUT2D eigenvalue weighted by Crippen LogP contribution is -2.41. The first-order valence-corrected chi connectivity index (χ1v) is 8.68. The summed E-state index contributed by atoms with van der Waals surface area (Å²) in [5.41, 5.74) is 4.88. The molecule has 1 aromatic carbocycles. The van der Waals surface area contributed by atoms with Crippen molar-refractivity contribution in [2.45, 2.75) is 23.7 Å². The summed E-state index contributed by atoms with van der Waals surface area (Å²) >= 11 is 0. The molecule has 0 aliphatic heterocycles. The number of carbonyl (C=O) groups excluding carboxylic acids is 1. The number of hydrogen-bond acceptors (Lipinski definition) is 4. The van der Waals surface area contributed by atoms with Gasteiger partial charge >= 0.3 is 0 Å². The van der Waals surface area contributed by atoms with E-state index >= 15 is 0 Å². The van der Waals surface area contributed by atoms with E-state index in [0.29, 0.717) is 12.5 Å². The molecule has 0 radical (unpaired) electrons. The summed E-state index contributed by atoms with van der Waals surface area (Å²) < 4.78 is 52.8. The number of halogens is 2. The van der Waals surface area contributed by atoms with Crippen molar-refractivity contribution in [2.24, 2.45) is 11.7 Å². The highest BCUT2D eigenvalue weighted by Crippen LogP contribution is 2.28. The molecule has 0 unspecified atom stereocenters. The van der Waals surface area contributed by atoms with E-state index in [1.165, 1.54) is 18.2 Å². The quantitative estimate of drug-likeness (QED) is 0.644. The normalized spacial score (nSPS) is 15.4. The molecule has 128 valence electrons. The van der Waals surface area contributed by atoms with Gasteiger partial charge in [-0.05, 0) is 37.0 Å². The first-order chi connectivity index (χ1) is 10.7. The van der Waals surface area contributed by atoms with Gasteiger partial charge in [0.15, 0.2) is 0 Å². The predicted molar refractivity (Wildman–Crippen MR) is 80.7 cm³/mol. The first kappa shape index (κ1) is 17.8. The van der Waals surface area contributed by atoms with E-state index in [-0.39, 0.29) is 10.5 Å². The molecule has 1 aromatic rings. The number of nitrogens with one attached hydrogen (secondary N) is 2. The van der Waals surface area contributed by atoms with Gasteiger partial charge in [-0.3, -0.25) is 4.79 Å². The third kappa shape index (κ3) is 5.22. The number of hydrogen-bond donors (Lipinski definition) is 3. The Hall–Kier alpha value is -1.58. The Balaban J connectivity index is 2.04. The SMILES string of the molecule is NCC(F)(F)CNC(=O)c1cccc(S(=O)(=O)NCC2CC2)c1. The molecule has 1 fully saturated rings. The molecule has 1 saturated carbocycles. The lowest BCUT2D eigenvalue weighted by atomic mass is 10.2. The van der Waals surface area contributed by atoms with Gasteiger partial charge in [-0.2, -0.15) is 0 Å². The van der Waals surface area contributed by atoms with Crippen LogP contribution in [0, 0.1) is 5.92 Å². The van der Waals surface area contributed by atoms with Crippen molar-refractivity contribution < 1.29 is 22.0 Å². The predicted octanol–water partition coefficient (Wildman–Crippen LogP) is 0.699. The van der Waals surface area contributed by atoms with E-state index in [1.54, 1.807) is 0 Å². The standard InChI is InChI=1S/C14H19F2N3O3S/c15-14(16,8-17)9-18-13(20)11-2-1-3-12(6-11)23(21,22)19-7-10-4-5-10/h1-3,6,10,19H,4-5,7-9,17H2,(H,18,20). The highest BCUT2D eigenvalue weighted by atomic mass is 32.2. The summed E-state index contributed by atoms with van der Waals surface area (Å²) in [5, 5.41) is 2.04. The van der Waals surface area contributed by atoms with E-state index in [9.17, 15) is 22.0 Å². The van der Waals surface area contributed by atoms with Crippen molar-refractivity contribution in [2.75, 3.05) is 19.6 Å². The maximum atomic E-state index is 13.0. The van der Waals surface area contributed by atoms with Gasteiger partial charge in [-0.15, -0.1) is 0 Å². The Bertz CT molecular complexity index is 676. The average Bonchev–Trinajstić information content (AvgIpc) is 3.35. The van der Waals surface area contributed by atoms with Crippen LogP contribution in [0.4, 0.5) is 8.78 Å². The van der Waals surface area contributed by atoms with Crippen molar-refractivity contribution in [3.8, 4) is 0 Å². The van der Waals surface area contributed by atoms with Crippen molar-refractivity contribution in [1.82, 2.24) is 10.0 Å². The van der Waals surface area contributed by atoms with Crippen molar-refractivity contribution in [3.63, 3.8) is 0 Å². The van der Waals surface area contributed by atoms with E-state index in [2.05, 4.69) is 4.72 Å². The van der Waals surface area contributed by atoms with Crippen LogP contribution in [0.5, 0.6) is 0 Å². The van der Waals surface area contributed by atoms with Gasteiger partial charge in [0.2, 0.25) is 10.0 Å². The Morgan fingerprint density at radius 2 is 2.04 bits per heavy atom. The number of benzene rings is 1. The minimum Gasteiger partial charge on any atom is -0.346 e. The number of alkyl halides is 2. The zero-order chi connectivity index (χ0) is 17.1. The van der Waals surface area contributed by atoms with Crippen LogP contribution >= 0.6 is 0 Å². The summed E-state index contributed by atoms with van der Waals surface area (Å²) in [6.45, 7) is -1.42.